The molecule has 0 aliphatic carbocycles. The van der Waals surface area contributed by atoms with E-state index in [1.54, 1.807) is 43.5 Å². The number of ether oxygens (including phenoxy) is 2. The van der Waals surface area contributed by atoms with Crippen molar-refractivity contribution in [3.05, 3.63) is 68.8 Å². The molecule has 3 rings (SSSR count). The lowest BCUT2D eigenvalue weighted by atomic mass is 10.1. The number of nitrogens with zero attached hydrogens (tertiary/aromatic N) is 1. The number of methoxy groups -OCH3 is 1. The van der Waals surface area contributed by atoms with E-state index in [9.17, 15) is 4.79 Å². The maximum Gasteiger partial charge on any atom is 0.363 e. The highest BCUT2D eigenvalue weighted by atomic mass is 79.9. The molecule has 0 spiro atoms. The van der Waals surface area contributed by atoms with Crippen LogP contribution in [0.3, 0.4) is 0 Å². The molecule has 4 nitrogen and oxygen atoms in total. The molecule has 0 bridgehead atoms. The summed E-state index contributed by atoms with van der Waals surface area (Å²) >= 11 is 9.35. The van der Waals surface area contributed by atoms with Gasteiger partial charge in [-0.2, -0.15) is 0 Å². The zero-order chi connectivity index (χ0) is 16.4. The molecule has 1 aliphatic heterocycles. The summed E-state index contributed by atoms with van der Waals surface area (Å²) in [6.07, 6.45) is 1.63. The van der Waals surface area contributed by atoms with Gasteiger partial charge >= 0.3 is 5.97 Å². The van der Waals surface area contributed by atoms with Crippen LogP contribution in [0.2, 0.25) is 5.02 Å². The molecule has 0 atom stereocenters. The highest BCUT2D eigenvalue weighted by molar-refractivity contribution is 9.10. The number of carbonyl (C=O) groups is 1. The van der Waals surface area contributed by atoms with Gasteiger partial charge in [0.25, 0.3) is 0 Å². The van der Waals surface area contributed by atoms with E-state index in [0.29, 0.717) is 16.3 Å². The van der Waals surface area contributed by atoms with E-state index in [0.717, 1.165) is 10.0 Å². The van der Waals surface area contributed by atoms with Gasteiger partial charge < -0.3 is 9.47 Å². The normalized spacial score (nSPS) is 15.5. The molecule has 0 fully saturated rings. The van der Waals surface area contributed by atoms with Crippen molar-refractivity contribution in [2.75, 3.05) is 7.11 Å². The quantitative estimate of drug-likeness (QED) is 0.572. The molecule has 0 amide bonds. The molecule has 0 unspecified atom stereocenters. The second-order valence-electron chi connectivity index (χ2n) is 4.73. The lowest BCUT2D eigenvalue weighted by molar-refractivity contribution is -0.129. The number of hydrogen-bond acceptors (Lipinski definition) is 4. The summed E-state index contributed by atoms with van der Waals surface area (Å²) in [6.45, 7) is 0. The van der Waals surface area contributed by atoms with Gasteiger partial charge in [-0.1, -0.05) is 33.6 Å². The lowest BCUT2D eigenvalue weighted by Gasteiger charge is -2.04. The Kier molecular flexibility index (Phi) is 4.50. The average molecular weight is 393 g/mol. The van der Waals surface area contributed by atoms with Gasteiger partial charge in [-0.05, 0) is 42.5 Å². The molecule has 2 aromatic carbocycles. The molecule has 0 saturated heterocycles. The molecular formula is C17H11BrClNO3. The second-order valence-corrected chi connectivity index (χ2v) is 6.08. The van der Waals surface area contributed by atoms with E-state index in [1.807, 2.05) is 12.1 Å². The predicted molar refractivity (Wildman–Crippen MR) is 92.8 cm³/mol. The van der Waals surface area contributed by atoms with Gasteiger partial charge in [0.2, 0.25) is 5.90 Å². The molecule has 23 heavy (non-hydrogen) atoms. The van der Waals surface area contributed by atoms with Crippen molar-refractivity contribution in [3.8, 4) is 5.75 Å². The first-order chi connectivity index (χ1) is 11.1. The zero-order valence-electron chi connectivity index (χ0n) is 12.0. The van der Waals surface area contributed by atoms with Gasteiger partial charge in [0.1, 0.15) is 5.75 Å². The van der Waals surface area contributed by atoms with Crippen molar-refractivity contribution in [2.45, 2.75) is 0 Å². The van der Waals surface area contributed by atoms with Crippen LogP contribution in [0.5, 0.6) is 5.75 Å². The monoisotopic (exact) mass is 391 g/mol. The summed E-state index contributed by atoms with van der Waals surface area (Å²) in [6, 6.07) is 12.5. The maximum atomic E-state index is 12.0. The SMILES string of the molecule is COc1ccc(Br)cc1C=C1N=C(c2cccc(Cl)c2)OC1=O. The Bertz CT molecular complexity index is 845. The smallest absolute Gasteiger partial charge is 0.363 e. The van der Waals surface area contributed by atoms with E-state index < -0.39 is 5.97 Å². The third-order valence-corrected chi connectivity index (χ3v) is 3.90. The highest BCUT2D eigenvalue weighted by Crippen LogP contribution is 2.27. The molecule has 0 N–H and O–H groups in total. The topological polar surface area (TPSA) is 47.9 Å². The van der Waals surface area contributed by atoms with Crippen LogP contribution in [0, 0.1) is 0 Å². The Hall–Kier alpha value is -2.11. The molecule has 1 aliphatic rings. The number of carbonyl (C=O) groups excluding carboxylic acids is 1. The number of aliphatic imine (C=N–C) groups is 1. The van der Waals surface area contributed by atoms with Crippen molar-refractivity contribution in [3.63, 3.8) is 0 Å². The molecule has 6 heteroatoms. The fourth-order valence-corrected chi connectivity index (χ4v) is 2.69. The summed E-state index contributed by atoms with van der Waals surface area (Å²) in [4.78, 5) is 16.3. The molecule has 0 radical (unpaired) electrons. The van der Waals surface area contributed by atoms with Gasteiger partial charge in [0.05, 0.1) is 7.11 Å². The van der Waals surface area contributed by atoms with E-state index in [4.69, 9.17) is 21.1 Å². The minimum Gasteiger partial charge on any atom is -0.496 e. The van der Waals surface area contributed by atoms with Crippen LogP contribution in [0.25, 0.3) is 6.08 Å². The Balaban J connectivity index is 2.00. The van der Waals surface area contributed by atoms with E-state index in [-0.39, 0.29) is 11.6 Å². The van der Waals surface area contributed by atoms with Gasteiger partial charge in [0.15, 0.2) is 5.70 Å². The predicted octanol–water partition coefficient (Wildman–Crippen LogP) is 4.46. The Morgan fingerprint density at radius 1 is 1.26 bits per heavy atom. The Morgan fingerprint density at radius 3 is 2.83 bits per heavy atom. The average Bonchev–Trinajstić information content (AvgIpc) is 2.89. The number of halogens is 2. The summed E-state index contributed by atoms with van der Waals surface area (Å²) in [5.74, 6) is 0.361. The van der Waals surface area contributed by atoms with Crippen LogP contribution in [-0.4, -0.2) is 19.0 Å². The second kappa shape index (κ2) is 6.56. The number of cyclic esters (lactones) is 1. The summed E-state index contributed by atoms with van der Waals surface area (Å²) in [7, 11) is 1.57. The number of esters is 1. The summed E-state index contributed by atoms with van der Waals surface area (Å²) in [5.41, 5.74) is 1.58. The molecule has 1 heterocycles. The minimum absolute atomic E-state index is 0.205. The van der Waals surface area contributed by atoms with Crippen molar-refractivity contribution in [1.82, 2.24) is 0 Å². The molecule has 116 valence electrons. The Labute approximate surface area is 146 Å². The van der Waals surface area contributed by atoms with E-state index in [1.165, 1.54) is 0 Å². The fraction of sp³-hybridized carbons (Fsp3) is 0.0588. The first kappa shape index (κ1) is 15.8. The van der Waals surface area contributed by atoms with Gasteiger partial charge in [-0.3, -0.25) is 0 Å². The van der Waals surface area contributed by atoms with Crippen LogP contribution in [0.4, 0.5) is 0 Å². The van der Waals surface area contributed by atoms with Crippen LogP contribution >= 0.6 is 27.5 Å². The first-order valence-electron chi connectivity index (χ1n) is 6.69. The third kappa shape index (κ3) is 3.46. The maximum absolute atomic E-state index is 12.0. The fourth-order valence-electron chi connectivity index (χ4n) is 2.12. The summed E-state index contributed by atoms with van der Waals surface area (Å²) in [5, 5.41) is 0.548. The molecule has 0 aromatic heterocycles. The van der Waals surface area contributed by atoms with Crippen LogP contribution in [-0.2, 0) is 9.53 Å². The summed E-state index contributed by atoms with van der Waals surface area (Å²) < 4.78 is 11.4. The number of hydrogen-bond donors (Lipinski definition) is 0. The van der Waals surface area contributed by atoms with Crippen molar-refractivity contribution in [1.29, 1.82) is 0 Å². The van der Waals surface area contributed by atoms with E-state index in [2.05, 4.69) is 20.9 Å². The lowest BCUT2D eigenvalue weighted by Crippen LogP contribution is -2.05. The van der Waals surface area contributed by atoms with Crippen molar-refractivity contribution in [2.24, 2.45) is 4.99 Å². The molecular weight excluding hydrogens is 382 g/mol. The molecule has 0 saturated carbocycles. The third-order valence-electron chi connectivity index (χ3n) is 3.18. The van der Waals surface area contributed by atoms with Crippen LogP contribution < -0.4 is 4.74 Å². The minimum atomic E-state index is -0.512. The van der Waals surface area contributed by atoms with Crippen molar-refractivity contribution >= 4 is 45.5 Å². The molecule has 2 aromatic rings. The van der Waals surface area contributed by atoms with Crippen LogP contribution in [0.1, 0.15) is 11.1 Å². The largest absolute Gasteiger partial charge is 0.496 e. The van der Waals surface area contributed by atoms with E-state index >= 15 is 0 Å². The zero-order valence-corrected chi connectivity index (χ0v) is 14.4. The van der Waals surface area contributed by atoms with Crippen LogP contribution in [0.15, 0.2) is 57.6 Å². The van der Waals surface area contributed by atoms with Gasteiger partial charge in [-0.25, -0.2) is 9.79 Å². The standard InChI is InChI=1S/C17H11BrClNO3/c1-22-15-6-5-12(18)7-11(15)9-14-17(21)23-16(20-14)10-3-2-4-13(19)8-10/h2-9H,1H3. The number of rotatable bonds is 3. The first-order valence-corrected chi connectivity index (χ1v) is 7.86. The number of benzene rings is 2. The highest BCUT2D eigenvalue weighted by Gasteiger charge is 2.24. The van der Waals surface area contributed by atoms with Gasteiger partial charge in [-0.15, -0.1) is 0 Å². The van der Waals surface area contributed by atoms with Gasteiger partial charge in [0, 0.05) is 20.6 Å². The van der Waals surface area contributed by atoms with Crippen molar-refractivity contribution < 1.29 is 14.3 Å². The Morgan fingerprint density at radius 2 is 2.09 bits per heavy atom.